The van der Waals surface area contributed by atoms with Crippen LogP contribution in [0.4, 0.5) is 5.69 Å². The van der Waals surface area contributed by atoms with Crippen molar-refractivity contribution in [2.24, 2.45) is 0 Å². The topological polar surface area (TPSA) is 96.0 Å². The number of methoxy groups -OCH3 is 1. The Morgan fingerprint density at radius 3 is 2.12 bits per heavy atom. The Morgan fingerprint density at radius 1 is 0.975 bits per heavy atom. The van der Waals surface area contributed by atoms with Crippen molar-refractivity contribution < 1.29 is 22.7 Å². The third-order valence-corrected chi connectivity index (χ3v) is 8.89. The maximum atomic E-state index is 14.0. The molecule has 2 amide bonds. The number of carbonyl (C=O) groups excluding carboxylic acids is 2. The molecule has 0 saturated carbocycles. The minimum Gasteiger partial charge on any atom is -0.496 e. The predicted molar refractivity (Wildman–Crippen MR) is 161 cm³/mol. The summed E-state index contributed by atoms with van der Waals surface area (Å²) in [4.78, 5) is 28.3. The van der Waals surface area contributed by atoms with E-state index in [1.165, 1.54) is 24.1 Å². The molecule has 0 aliphatic heterocycles. The summed E-state index contributed by atoms with van der Waals surface area (Å²) in [5, 5.41) is 2.84. The lowest BCUT2D eigenvalue weighted by Crippen LogP contribution is -2.51. The number of halogens is 1. The van der Waals surface area contributed by atoms with Crippen LogP contribution in [-0.2, 0) is 26.2 Å². The van der Waals surface area contributed by atoms with Gasteiger partial charge in [-0.2, -0.15) is 0 Å². The first kappa shape index (κ1) is 31.2. The van der Waals surface area contributed by atoms with Crippen LogP contribution in [0.2, 0.25) is 0 Å². The monoisotopic (exact) mass is 629 g/mol. The van der Waals surface area contributed by atoms with E-state index in [1.54, 1.807) is 37.3 Å². The number of aryl methyl sites for hydroxylation is 2. The number of hydrogen-bond acceptors (Lipinski definition) is 5. The Labute approximate surface area is 245 Å². The zero-order valence-electron chi connectivity index (χ0n) is 23.5. The number of hydrogen-bond donors (Lipinski definition) is 1. The zero-order chi connectivity index (χ0) is 29.4. The lowest BCUT2D eigenvalue weighted by Gasteiger charge is -2.32. The van der Waals surface area contributed by atoms with Crippen LogP contribution in [-0.4, -0.2) is 51.4 Å². The molecule has 0 radical (unpaired) electrons. The first-order chi connectivity index (χ1) is 19.0. The maximum absolute atomic E-state index is 14.0. The SMILES string of the molecule is CCCNC(=O)[C@H](C)N(Cc1ccc(C)cc1)C(=O)CN(c1ccc(C)cc1)S(=O)(=O)c1ccc(OC)c(Br)c1. The highest BCUT2D eigenvalue weighted by molar-refractivity contribution is 9.10. The Hall–Kier alpha value is -3.37. The van der Waals surface area contributed by atoms with Crippen molar-refractivity contribution in [3.8, 4) is 5.75 Å². The Balaban J connectivity index is 2.03. The van der Waals surface area contributed by atoms with Crippen molar-refractivity contribution in [1.82, 2.24) is 10.2 Å². The Bertz CT molecular complexity index is 1430. The third kappa shape index (κ3) is 7.63. The van der Waals surface area contributed by atoms with Crippen LogP contribution < -0.4 is 14.4 Å². The van der Waals surface area contributed by atoms with E-state index >= 15 is 0 Å². The summed E-state index contributed by atoms with van der Waals surface area (Å²) >= 11 is 3.36. The van der Waals surface area contributed by atoms with Crippen molar-refractivity contribution in [1.29, 1.82) is 0 Å². The molecule has 3 rings (SSSR count). The molecule has 0 aliphatic carbocycles. The van der Waals surface area contributed by atoms with Gasteiger partial charge in [0.25, 0.3) is 10.0 Å². The van der Waals surface area contributed by atoms with Crippen molar-refractivity contribution in [3.63, 3.8) is 0 Å². The molecule has 40 heavy (non-hydrogen) atoms. The molecule has 0 heterocycles. The van der Waals surface area contributed by atoms with E-state index in [9.17, 15) is 18.0 Å². The smallest absolute Gasteiger partial charge is 0.264 e. The first-order valence-electron chi connectivity index (χ1n) is 13.0. The summed E-state index contributed by atoms with van der Waals surface area (Å²) in [6.45, 7) is 7.60. The lowest BCUT2D eigenvalue weighted by atomic mass is 10.1. The van der Waals surface area contributed by atoms with Crippen LogP contribution in [0, 0.1) is 13.8 Å². The average Bonchev–Trinajstić information content (AvgIpc) is 2.94. The predicted octanol–water partition coefficient (Wildman–Crippen LogP) is 5.21. The van der Waals surface area contributed by atoms with Crippen molar-refractivity contribution >= 4 is 43.5 Å². The molecule has 0 aromatic heterocycles. The number of sulfonamides is 1. The fraction of sp³-hybridized carbons (Fsp3) is 0.333. The van der Waals surface area contributed by atoms with Gasteiger partial charge < -0.3 is 15.0 Å². The van der Waals surface area contributed by atoms with Crippen molar-refractivity contribution in [2.45, 2.75) is 51.6 Å². The molecule has 1 N–H and O–H groups in total. The van der Waals surface area contributed by atoms with Crippen LogP contribution >= 0.6 is 15.9 Å². The van der Waals surface area contributed by atoms with E-state index in [0.29, 0.717) is 22.5 Å². The summed E-state index contributed by atoms with van der Waals surface area (Å²) in [5.74, 6) is -0.323. The molecule has 10 heteroatoms. The number of nitrogens with one attached hydrogen (secondary N) is 1. The lowest BCUT2D eigenvalue weighted by molar-refractivity contribution is -0.139. The molecule has 3 aromatic carbocycles. The fourth-order valence-electron chi connectivity index (χ4n) is 4.04. The number of ether oxygens (including phenoxy) is 1. The van der Waals surface area contributed by atoms with Gasteiger partial charge in [0.15, 0.2) is 0 Å². The standard InChI is InChI=1S/C30H36BrN3O5S/c1-6-17-32-30(36)23(4)33(19-24-11-7-21(2)8-12-24)29(35)20-34(25-13-9-22(3)10-14-25)40(37,38)26-15-16-28(39-5)27(31)18-26/h7-16,18,23H,6,17,19-20H2,1-5H3,(H,32,36)/t23-/m0/s1. The summed E-state index contributed by atoms with van der Waals surface area (Å²) in [6, 6.07) is 18.2. The molecule has 0 fully saturated rings. The van der Waals surface area contributed by atoms with E-state index in [2.05, 4.69) is 21.2 Å². The second-order valence-corrected chi connectivity index (χ2v) is 12.3. The second-order valence-electron chi connectivity index (χ2n) is 9.62. The summed E-state index contributed by atoms with van der Waals surface area (Å²) in [7, 11) is -2.69. The molecular weight excluding hydrogens is 594 g/mol. The maximum Gasteiger partial charge on any atom is 0.264 e. The van der Waals surface area contributed by atoms with E-state index < -0.39 is 28.5 Å². The molecule has 0 saturated heterocycles. The molecule has 0 bridgehead atoms. The molecule has 0 spiro atoms. The molecule has 0 unspecified atom stereocenters. The quantitative estimate of drug-likeness (QED) is 0.297. The van der Waals surface area contributed by atoms with Gasteiger partial charge in [0, 0.05) is 13.1 Å². The molecule has 0 aliphatic rings. The number of rotatable bonds is 12. The van der Waals surface area contributed by atoms with Gasteiger partial charge in [-0.1, -0.05) is 54.4 Å². The largest absolute Gasteiger partial charge is 0.496 e. The summed E-state index contributed by atoms with van der Waals surface area (Å²) < 4.78 is 34.8. The number of carbonyl (C=O) groups is 2. The van der Waals surface area contributed by atoms with Crippen molar-refractivity contribution in [3.05, 3.63) is 87.9 Å². The van der Waals surface area contributed by atoms with Gasteiger partial charge in [0.05, 0.1) is 22.2 Å². The van der Waals surface area contributed by atoms with Crippen LogP contribution in [0.3, 0.4) is 0 Å². The van der Waals surface area contributed by atoms with Gasteiger partial charge >= 0.3 is 0 Å². The average molecular weight is 631 g/mol. The highest BCUT2D eigenvalue weighted by atomic mass is 79.9. The van der Waals surface area contributed by atoms with E-state index in [0.717, 1.165) is 27.4 Å². The van der Waals surface area contributed by atoms with Crippen molar-refractivity contribution in [2.75, 3.05) is 24.5 Å². The highest BCUT2D eigenvalue weighted by Crippen LogP contribution is 2.31. The third-order valence-electron chi connectivity index (χ3n) is 6.50. The van der Waals surface area contributed by atoms with E-state index in [-0.39, 0.29) is 17.3 Å². The molecule has 1 atom stereocenters. The van der Waals surface area contributed by atoms with Gasteiger partial charge in [0.2, 0.25) is 11.8 Å². The Kier molecular flexibility index (Phi) is 10.8. The van der Waals surface area contributed by atoms with Gasteiger partial charge in [-0.25, -0.2) is 8.42 Å². The fourth-order valence-corrected chi connectivity index (χ4v) is 6.18. The second kappa shape index (κ2) is 13.8. The molecular formula is C30H36BrN3O5S. The minimum absolute atomic E-state index is 0.00706. The number of anilines is 1. The van der Waals surface area contributed by atoms with Crippen LogP contribution in [0.5, 0.6) is 5.75 Å². The van der Waals surface area contributed by atoms with Gasteiger partial charge in [-0.05, 0) is 79.0 Å². The van der Waals surface area contributed by atoms with Crippen LogP contribution in [0.15, 0.2) is 76.1 Å². The number of benzene rings is 3. The van der Waals surface area contributed by atoms with Gasteiger partial charge in [-0.3, -0.25) is 13.9 Å². The van der Waals surface area contributed by atoms with Crippen LogP contribution in [0.1, 0.15) is 37.0 Å². The van der Waals surface area contributed by atoms with E-state index in [4.69, 9.17) is 4.74 Å². The minimum atomic E-state index is -4.18. The van der Waals surface area contributed by atoms with E-state index in [1.807, 2.05) is 45.0 Å². The number of amides is 2. The highest BCUT2D eigenvalue weighted by Gasteiger charge is 2.32. The van der Waals surface area contributed by atoms with Gasteiger partial charge in [-0.15, -0.1) is 0 Å². The zero-order valence-corrected chi connectivity index (χ0v) is 25.9. The van der Waals surface area contributed by atoms with Crippen LogP contribution in [0.25, 0.3) is 0 Å². The van der Waals surface area contributed by atoms with Gasteiger partial charge in [0.1, 0.15) is 18.3 Å². The molecule has 3 aromatic rings. The summed E-state index contributed by atoms with van der Waals surface area (Å²) in [6.07, 6.45) is 0.751. The normalized spacial score (nSPS) is 11.9. The summed E-state index contributed by atoms with van der Waals surface area (Å²) in [5.41, 5.74) is 3.18. The first-order valence-corrected chi connectivity index (χ1v) is 15.3. The Morgan fingerprint density at radius 2 is 1.57 bits per heavy atom. The molecule has 214 valence electrons. The molecule has 8 nitrogen and oxygen atoms in total. The number of nitrogens with zero attached hydrogens (tertiary/aromatic N) is 2.